The Hall–Kier alpha value is -2.35. The van der Waals surface area contributed by atoms with Gasteiger partial charge in [0.05, 0.1) is 10.6 Å². The number of piperidine rings is 2. The third-order valence-corrected chi connectivity index (χ3v) is 7.78. The van der Waals surface area contributed by atoms with E-state index in [9.17, 15) is 14.0 Å². The number of nitrogens with zero attached hydrogens (tertiary/aromatic N) is 2. The van der Waals surface area contributed by atoms with E-state index < -0.39 is 5.82 Å². The molecule has 0 unspecified atom stereocenters. The molecule has 6 nitrogen and oxygen atoms in total. The molecular formula is C24H25Cl2FN4O2. The van der Waals surface area contributed by atoms with Crippen LogP contribution in [-0.4, -0.2) is 45.4 Å². The van der Waals surface area contributed by atoms with Crippen molar-refractivity contribution in [3.05, 3.63) is 73.6 Å². The molecule has 3 aromatic rings. The minimum atomic E-state index is -0.534. The SMILES string of the molecule is O=C(c1cc(Cc2c[nH]c(=O)c3cc(Cl)c(Cl)n23)ccc1F)N1CCC2(CCCCN2)CC1. The first kappa shape index (κ1) is 22.4. The Labute approximate surface area is 200 Å². The van der Waals surface area contributed by atoms with Crippen molar-refractivity contribution in [2.24, 2.45) is 0 Å². The minimum absolute atomic E-state index is 0.0670. The Morgan fingerprint density at radius 1 is 1.12 bits per heavy atom. The van der Waals surface area contributed by atoms with E-state index in [0.29, 0.717) is 30.7 Å². The van der Waals surface area contributed by atoms with Crippen LogP contribution in [0.5, 0.6) is 0 Å². The Balaban J connectivity index is 1.38. The van der Waals surface area contributed by atoms with E-state index in [0.717, 1.165) is 31.4 Å². The number of nitrogens with one attached hydrogen (secondary N) is 2. The molecule has 0 atom stereocenters. The Kier molecular flexibility index (Phi) is 5.97. The van der Waals surface area contributed by atoms with Gasteiger partial charge in [0.2, 0.25) is 0 Å². The maximum Gasteiger partial charge on any atom is 0.272 e. The van der Waals surface area contributed by atoms with Crippen molar-refractivity contribution < 1.29 is 9.18 Å². The van der Waals surface area contributed by atoms with Crippen LogP contribution in [0.25, 0.3) is 5.52 Å². The molecule has 1 aromatic carbocycles. The monoisotopic (exact) mass is 490 g/mol. The van der Waals surface area contributed by atoms with Gasteiger partial charge in [-0.1, -0.05) is 35.7 Å². The third kappa shape index (κ3) is 4.18. The molecule has 0 saturated carbocycles. The zero-order chi connectivity index (χ0) is 23.2. The van der Waals surface area contributed by atoms with Gasteiger partial charge in [-0.25, -0.2) is 4.39 Å². The van der Waals surface area contributed by atoms with Crippen LogP contribution in [0.1, 0.15) is 53.7 Å². The Bertz CT molecular complexity index is 1270. The van der Waals surface area contributed by atoms with Crippen molar-refractivity contribution in [3.8, 4) is 0 Å². The summed E-state index contributed by atoms with van der Waals surface area (Å²) >= 11 is 12.4. The van der Waals surface area contributed by atoms with Gasteiger partial charge in [-0.15, -0.1) is 0 Å². The summed E-state index contributed by atoms with van der Waals surface area (Å²) in [5.74, 6) is -0.817. The van der Waals surface area contributed by atoms with Crippen LogP contribution in [0.2, 0.25) is 10.2 Å². The van der Waals surface area contributed by atoms with Crippen molar-refractivity contribution in [3.63, 3.8) is 0 Å². The number of likely N-dealkylation sites (tertiary alicyclic amines) is 1. The molecule has 2 fully saturated rings. The van der Waals surface area contributed by atoms with Crippen molar-refractivity contribution in [2.45, 2.75) is 44.1 Å². The van der Waals surface area contributed by atoms with Crippen molar-refractivity contribution in [1.82, 2.24) is 19.6 Å². The molecule has 5 rings (SSSR count). The maximum absolute atomic E-state index is 14.7. The molecule has 1 spiro atoms. The Morgan fingerprint density at radius 2 is 1.91 bits per heavy atom. The summed E-state index contributed by atoms with van der Waals surface area (Å²) in [5.41, 5.74) is 1.63. The van der Waals surface area contributed by atoms with Crippen LogP contribution in [0.4, 0.5) is 4.39 Å². The predicted octanol–water partition coefficient (Wildman–Crippen LogP) is 4.41. The van der Waals surface area contributed by atoms with Gasteiger partial charge in [0.1, 0.15) is 16.5 Å². The molecule has 9 heteroatoms. The number of carbonyl (C=O) groups excluding carboxylic acids is 1. The zero-order valence-electron chi connectivity index (χ0n) is 18.1. The first-order valence-corrected chi connectivity index (χ1v) is 12.0. The molecule has 0 aliphatic carbocycles. The average Bonchev–Trinajstić information content (AvgIpc) is 3.13. The fourth-order valence-electron chi connectivity index (χ4n) is 5.14. The lowest BCUT2D eigenvalue weighted by Gasteiger charge is -2.45. The highest BCUT2D eigenvalue weighted by Gasteiger charge is 2.37. The molecular weight excluding hydrogens is 466 g/mol. The van der Waals surface area contributed by atoms with Gasteiger partial charge in [0.25, 0.3) is 11.5 Å². The summed E-state index contributed by atoms with van der Waals surface area (Å²) < 4.78 is 16.3. The molecule has 0 radical (unpaired) electrons. The lowest BCUT2D eigenvalue weighted by Crippen LogP contribution is -2.56. The van der Waals surface area contributed by atoms with Gasteiger partial charge in [0.15, 0.2) is 0 Å². The number of aromatic nitrogens is 2. The lowest BCUT2D eigenvalue weighted by molar-refractivity contribution is 0.0604. The number of rotatable bonds is 3. The second-order valence-corrected chi connectivity index (χ2v) is 9.83. The highest BCUT2D eigenvalue weighted by atomic mass is 35.5. The average molecular weight is 491 g/mol. The summed E-state index contributed by atoms with van der Waals surface area (Å²) in [4.78, 5) is 29.7. The van der Waals surface area contributed by atoms with E-state index in [1.165, 1.54) is 25.0 Å². The normalized spacial score (nSPS) is 18.2. The van der Waals surface area contributed by atoms with Crippen LogP contribution in [-0.2, 0) is 6.42 Å². The van der Waals surface area contributed by atoms with E-state index in [4.69, 9.17) is 23.2 Å². The van der Waals surface area contributed by atoms with Crippen LogP contribution in [0.3, 0.4) is 0 Å². The molecule has 2 saturated heterocycles. The lowest BCUT2D eigenvalue weighted by atomic mass is 9.80. The molecule has 33 heavy (non-hydrogen) atoms. The summed E-state index contributed by atoms with van der Waals surface area (Å²) in [5, 5.41) is 4.16. The highest BCUT2D eigenvalue weighted by molar-refractivity contribution is 6.42. The van der Waals surface area contributed by atoms with Crippen LogP contribution in [0, 0.1) is 5.82 Å². The summed E-state index contributed by atoms with van der Waals surface area (Å²) in [6.45, 7) is 2.26. The van der Waals surface area contributed by atoms with Gasteiger partial charge in [-0.2, -0.15) is 0 Å². The van der Waals surface area contributed by atoms with Crippen molar-refractivity contribution in [1.29, 1.82) is 0 Å². The van der Waals surface area contributed by atoms with Gasteiger partial charge >= 0.3 is 0 Å². The molecule has 2 aromatic heterocycles. The van der Waals surface area contributed by atoms with Gasteiger partial charge in [0, 0.05) is 36.9 Å². The molecule has 2 aliphatic rings. The fourth-order valence-corrected chi connectivity index (χ4v) is 5.58. The van der Waals surface area contributed by atoms with E-state index in [1.807, 2.05) is 0 Å². The number of H-pyrrole nitrogens is 1. The van der Waals surface area contributed by atoms with Crippen molar-refractivity contribution >= 4 is 34.6 Å². The fraction of sp³-hybridized carbons (Fsp3) is 0.417. The van der Waals surface area contributed by atoms with Crippen LogP contribution >= 0.6 is 23.2 Å². The number of carbonyl (C=O) groups is 1. The predicted molar refractivity (Wildman–Crippen MR) is 127 cm³/mol. The Morgan fingerprint density at radius 3 is 2.64 bits per heavy atom. The van der Waals surface area contributed by atoms with E-state index in [-0.39, 0.29) is 32.7 Å². The second-order valence-electron chi connectivity index (χ2n) is 9.06. The summed E-state index contributed by atoms with van der Waals surface area (Å²) in [6, 6.07) is 6.07. The molecule has 174 valence electrons. The molecule has 1 amide bonds. The third-order valence-electron chi connectivity index (χ3n) is 7.02. The number of amides is 1. The van der Waals surface area contributed by atoms with Gasteiger partial charge in [-0.05, 0) is 56.0 Å². The summed E-state index contributed by atoms with van der Waals surface area (Å²) in [6.07, 6.45) is 7.23. The zero-order valence-corrected chi connectivity index (χ0v) is 19.6. The number of hydrogen-bond acceptors (Lipinski definition) is 3. The minimum Gasteiger partial charge on any atom is -0.338 e. The maximum atomic E-state index is 14.7. The van der Waals surface area contributed by atoms with E-state index in [2.05, 4.69) is 10.3 Å². The standard InChI is InChI=1S/C24H25Cl2FN4O2/c25-18-13-20-22(32)28-14-16(31(20)21(18)26)11-15-3-4-19(27)17(12-15)23(33)30-9-6-24(7-10-30)5-1-2-8-29-24/h3-4,12-14,29H,1-2,5-11H2,(H,28,32). The number of aromatic amines is 1. The number of hydrogen-bond donors (Lipinski definition) is 2. The number of benzene rings is 1. The van der Waals surface area contributed by atoms with Crippen molar-refractivity contribution in [2.75, 3.05) is 19.6 Å². The number of fused-ring (bicyclic) bond motifs is 1. The highest BCUT2D eigenvalue weighted by Crippen LogP contribution is 2.31. The van der Waals surface area contributed by atoms with Gasteiger partial charge in [-0.3, -0.25) is 14.0 Å². The molecule has 4 heterocycles. The second kappa shape index (κ2) is 8.78. The molecule has 0 bridgehead atoms. The quantitative estimate of drug-likeness (QED) is 0.571. The topological polar surface area (TPSA) is 69.6 Å². The largest absolute Gasteiger partial charge is 0.338 e. The smallest absolute Gasteiger partial charge is 0.272 e. The first-order valence-electron chi connectivity index (χ1n) is 11.3. The van der Waals surface area contributed by atoms with Crippen LogP contribution in [0.15, 0.2) is 35.3 Å². The van der Waals surface area contributed by atoms with Crippen LogP contribution < -0.4 is 10.9 Å². The molecule has 2 N–H and O–H groups in total. The first-order chi connectivity index (χ1) is 15.9. The van der Waals surface area contributed by atoms with E-state index in [1.54, 1.807) is 27.6 Å². The number of halogens is 3. The summed E-state index contributed by atoms with van der Waals surface area (Å²) in [7, 11) is 0. The molecule has 2 aliphatic heterocycles. The van der Waals surface area contributed by atoms with Gasteiger partial charge < -0.3 is 15.2 Å². The van der Waals surface area contributed by atoms with E-state index >= 15 is 0 Å².